The Hall–Kier alpha value is -2.82. The number of methoxy groups -OCH3 is 1. The highest BCUT2D eigenvalue weighted by Gasteiger charge is 2.35. The van der Waals surface area contributed by atoms with Crippen LogP contribution in [0.2, 0.25) is 0 Å². The second-order valence-electron chi connectivity index (χ2n) is 8.01. The number of carbonyl (C=O) groups excluding carboxylic acids is 2. The first-order valence-electron chi connectivity index (χ1n) is 10.2. The average Bonchev–Trinajstić information content (AvgIpc) is 2.78. The van der Waals surface area contributed by atoms with Crippen molar-refractivity contribution >= 4 is 11.8 Å². The minimum Gasteiger partial charge on any atom is -0.497 e. The van der Waals surface area contributed by atoms with E-state index in [0.29, 0.717) is 39.0 Å². The van der Waals surface area contributed by atoms with Crippen LogP contribution in [0.3, 0.4) is 0 Å². The molecule has 0 N–H and O–H groups in total. The lowest BCUT2D eigenvalue weighted by Crippen LogP contribution is -2.54. The van der Waals surface area contributed by atoms with Crippen molar-refractivity contribution in [2.75, 3.05) is 33.3 Å². The molecule has 154 valence electrons. The fourth-order valence-corrected chi connectivity index (χ4v) is 3.73. The van der Waals surface area contributed by atoms with Crippen LogP contribution in [0.25, 0.3) is 0 Å². The maximum atomic E-state index is 13.1. The molecule has 0 radical (unpaired) electrons. The van der Waals surface area contributed by atoms with Gasteiger partial charge in [-0.15, -0.1) is 0 Å². The number of benzene rings is 2. The second-order valence-corrected chi connectivity index (χ2v) is 8.01. The fraction of sp³-hybridized carbons (Fsp3) is 0.417. The van der Waals surface area contributed by atoms with Gasteiger partial charge in [0.05, 0.1) is 12.5 Å². The lowest BCUT2D eigenvalue weighted by Gasteiger charge is -2.39. The predicted molar refractivity (Wildman–Crippen MR) is 114 cm³/mol. The minimum absolute atomic E-state index is 0.119. The average molecular weight is 395 g/mol. The zero-order chi connectivity index (χ0) is 20.9. The van der Waals surface area contributed by atoms with Gasteiger partial charge in [-0.3, -0.25) is 9.59 Å². The summed E-state index contributed by atoms with van der Waals surface area (Å²) in [7, 11) is 1.64. The van der Waals surface area contributed by atoms with Gasteiger partial charge in [0, 0.05) is 32.6 Å². The zero-order valence-corrected chi connectivity index (χ0v) is 17.6. The normalized spacial score (nSPS) is 14.6. The molecule has 1 heterocycles. The van der Waals surface area contributed by atoms with E-state index in [-0.39, 0.29) is 11.8 Å². The van der Waals surface area contributed by atoms with Crippen LogP contribution in [0, 0.1) is 0 Å². The maximum Gasteiger partial charge on any atom is 0.232 e. The third kappa shape index (κ3) is 4.97. The molecule has 0 atom stereocenters. The van der Waals surface area contributed by atoms with Crippen molar-refractivity contribution in [3.63, 3.8) is 0 Å². The lowest BCUT2D eigenvalue weighted by molar-refractivity contribution is -0.142. The molecule has 2 aromatic carbocycles. The molecule has 1 fully saturated rings. The molecule has 29 heavy (non-hydrogen) atoms. The third-order valence-corrected chi connectivity index (χ3v) is 5.74. The van der Waals surface area contributed by atoms with E-state index in [9.17, 15) is 9.59 Å². The predicted octanol–water partition coefficient (Wildman–Crippen LogP) is 3.28. The first kappa shape index (κ1) is 20.9. The van der Waals surface area contributed by atoms with Crippen LogP contribution in [0.5, 0.6) is 5.75 Å². The minimum atomic E-state index is -0.568. The van der Waals surface area contributed by atoms with Gasteiger partial charge in [0.1, 0.15) is 5.75 Å². The van der Waals surface area contributed by atoms with Crippen molar-refractivity contribution in [1.29, 1.82) is 0 Å². The SMILES string of the molecule is COc1ccc(CCC(=O)N2CCN(C(=O)C(C)(C)c3ccccc3)CC2)cc1. The monoisotopic (exact) mass is 394 g/mol. The number of ether oxygens (including phenoxy) is 1. The van der Waals surface area contributed by atoms with E-state index >= 15 is 0 Å². The highest BCUT2D eigenvalue weighted by Crippen LogP contribution is 2.26. The van der Waals surface area contributed by atoms with Gasteiger partial charge in [0.25, 0.3) is 0 Å². The van der Waals surface area contributed by atoms with Crippen LogP contribution >= 0.6 is 0 Å². The van der Waals surface area contributed by atoms with Crippen LogP contribution < -0.4 is 4.74 Å². The number of amides is 2. The van der Waals surface area contributed by atoms with Crippen molar-refractivity contribution < 1.29 is 14.3 Å². The Kier molecular flexibility index (Phi) is 6.57. The highest BCUT2D eigenvalue weighted by molar-refractivity contribution is 5.87. The van der Waals surface area contributed by atoms with Crippen molar-refractivity contribution in [1.82, 2.24) is 9.80 Å². The molecule has 0 aliphatic carbocycles. The Balaban J connectivity index is 1.50. The summed E-state index contributed by atoms with van der Waals surface area (Å²) in [6.45, 7) is 6.30. The Labute approximate surface area is 173 Å². The van der Waals surface area contributed by atoms with E-state index in [2.05, 4.69) is 0 Å². The molecule has 0 unspecified atom stereocenters. The molecule has 1 saturated heterocycles. The number of piperazine rings is 1. The quantitative estimate of drug-likeness (QED) is 0.756. The number of carbonyl (C=O) groups is 2. The second kappa shape index (κ2) is 9.12. The lowest BCUT2D eigenvalue weighted by atomic mass is 9.83. The van der Waals surface area contributed by atoms with E-state index in [1.165, 1.54) is 0 Å². The number of hydrogen-bond donors (Lipinski definition) is 0. The molecule has 1 aliphatic heterocycles. The molecular formula is C24H30N2O3. The number of rotatable bonds is 6. The van der Waals surface area contributed by atoms with Crippen molar-refractivity contribution in [2.24, 2.45) is 0 Å². The van der Waals surface area contributed by atoms with Crippen LogP contribution in [0.4, 0.5) is 0 Å². The highest BCUT2D eigenvalue weighted by atomic mass is 16.5. The first-order chi connectivity index (χ1) is 13.9. The van der Waals surface area contributed by atoms with E-state index in [4.69, 9.17) is 4.74 Å². The third-order valence-electron chi connectivity index (χ3n) is 5.74. The summed E-state index contributed by atoms with van der Waals surface area (Å²) >= 11 is 0. The van der Waals surface area contributed by atoms with Gasteiger partial charge in [0.15, 0.2) is 0 Å². The molecule has 2 aromatic rings. The Morgan fingerprint density at radius 3 is 2.07 bits per heavy atom. The first-order valence-corrected chi connectivity index (χ1v) is 10.2. The van der Waals surface area contributed by atoms with Crippen molar-refractivity contribution in [3.8, 4) is 5.75 Å². The fourth-order valence-electron chi connectivity index (χ4n) is 3.73. The molecule has 0 aromatic heterocycles. The number of nitrogens with zero attached hydrogens (tertiary/aromatic N) is 2. The molecule has 5 heteroatoms. The van der Waals surface area contributed by atoms with Crippen LogP contribution in [-0.4, -0.2) is 54.9 Å². The summed E-state index contributed by atoms with van der Waals surface area (Å²) in [5.74, 6) is 1.09. The largest absolute Gasteiger partial charge is 0.497 e. The topological polar surface area (TPSA) is 49.9 Å². The van der Waals surface area contributed by atoms with Gasteiger partial charge in [-0.05, 0) is 43.5 Å². The summed E-state index contributed by atoms with van der Waals surface area (Å²) in [4.78, 5) is 29.4. The molecular weight excluding hydrogens is 364 g/mol. The molecule has 5 nitrogen and oxygen atoms in total. The molecule has 0 saturated carbocycles. The van der Waals surface area contributed by atoms with Crippen LogP contribution in [0.15, 0.2) is 54.6 Å². The summed E-state index contributed by atoms with van der Waals surface area (Å²) < 4.78 is 5.16. The summed E-state index contributed by atoms with van der Waals surface area (Å²) in [5.41, 5.74) is 1.57. The summed E-state index contributed by atoms with van der Waals surface area (Å²) in [6, 6.07) is 17.7. The Bertz CT molecular complexity index is 823. The number of hydrogen-bond acceptors (Lipinski definition) is 3. The smallest absolute Gasteiger partial charge is 0.232 e. The van der Waals surface area contributed by atoms with Crippen LogP contribution in [-0.2, 0) is 21.4 Å². The van der Waals surface area contributed by atoms with Crippen LogP contribution in [0.1, 0.15) is 31.4 Å². The van der Waals surface area contributed by atoms with Gasteiger partial charge in [-0.2, -0.15) is 0 Å². The molecule has 0 bridgehead atoms. The zero-order valence-electron chi connectivity index (χ0n) is 17.6. The van der Waals surface area contributed by atoms with Gasteiger partial charge < -0.3 is 14.5 Å². The molecule has 3 rings (SSSR count). The summed E-state index contributed by atoms with van der Waals surface area (Å²) in [5, 5.41) is 0. The summed E-state index contributed by atoms with van der Waals surface area (Å²) in [6.07, 6.45) is 1.19. The maximum absolute atomic E-state index is 13.1. The Morgan fingerprint density at radius 1 is 0.897 bits per heavy atom. The van der Waals surface area contributed by atoms with Gasteiger partial charge in [-0.1, -0.05) is 42.5 Å². The molecule has 0 spiro atoms. The van der Waals surface area contributed by atoms with E-state index in [0.717, 1.165) is 16.9 Å². The van der Waals surface area contributed by atoms with Gasteiger partial charge in [0.2, 0.25) is 11.8 Å². The molecule has 2 amide bonds. The van der Waals surface area contributed by atoms with E-state index in [1.54, 1.807) is 7.11 Å². The van der Waals surface area contributed by atoms with Gasteiger partial charge in [-0.25, -0.2) is 0 Å². The van der Waals surface area contributed by atoms with Crippen molar-refractivity contribution in [2.45, 2.75) is 32.1 Å². The van der Waals surface area contributed by atoms with E-state index in [1.807, 2.05) is 78.2 Å². The van der Waals surface area contributed by atoms with Gasteiger partial charge >= 0.3 is 0 Å². The molecule has 1 aliphatic rings. The Morgan fingerprint density at radius 2 is 1.48 bits per heavy atom. The standard InChI is InChI=1S/C24H30N2O3/c1-24(2,20-7-5-4-6-8-20)23(28)26-17-15-25(16-18-26)22(27)14-11-19-9-12-21(29-3)13-10-19/h4-10,12-13H,11,14-18H2,1-3H3. The van der Waals surface area contributed by atoms with E-state index < -0.39 is 5.41 Å². The number of aryl methyl sites for hydroxylation is 1. The van der Waals surface area contributed by atoms with Crippen molar-refractivity contribution in [3.05, 3.63) is 65.7 Å².